The van der Waals surface area contributed by atoms with Crippen LogP contribution in [0.3, 0.4) is 0 Å². The minimum Gasteiger partial charge on any atom is -0.495 e. The smallest absolute Gasteiger partial charge is 0.257 e. The van der Waals surface area contributed by atoms with Crippen molar-refractivity contribution in [3.05, 3.63) is 108 Å². The molecule has 0 atom stereocenters. The Balaban J connectivity index is 1.47. The number of nitrogens with zero attached hydrogens (tertiary/aromatic N) is 1. The molecular formula is C28H20FN3O3. The highest BCUT2D eigenvalue weighted by Gasteiger charge is 2.16. The molecule has 1 aromatic heterocycles. The summed E-state index contributed by atoms with van der Waals surface area (Å²) >= 11 is 0. The molecule has 5 aromatic rings. The fourth-order valence-corrected chi connectivity index (χ4v) is 4.01. The molecule has 0 bridgehead atoms. The molecule has 0 spiro atoms. The quantitative estimate of drug-likeness (QED) is 0.310. The molecule has 0 aliphatic carbocycles. The minimum atomic E-state index is -0.512. The number of ether oxygens (including phenoxy) is 1. The van der Waals surface area contributed by atoms with Crippen molar-refractivity contribution in [2.75, 3.05) is 17.7 Å². The first-order chi connectivity index (χ1) is 17.0. The van der Waals surface area contributed by atoms with Crippen LogP contribution in [0.1, 0.15) is 20.7 Å². The first kappa shape index (κ1) is 22.0. The number of aromatic nitrogens is 1. The lowest BCUT2D eigenvalue weighted by Crippen LogP contribution is -2.15. The van der Waals surface area contributed by atoms with Gasteiger partial charge in [0.05, 0.1) is 23.9 Å². The van der Waals surface area contributed by atoms with E-state index in [9.17, 15) is 14.0 Å². The van der Waals surface area contributed by atoms with Gasteiger partial charge in [0.1, 0.15) is 11.6 Å². The van der Waals surface area contributed by atoms with Crippen LogP contribution in [0.25, 0.3) is 21.7 Å². The van der Waals surface area contributed by atoms with Crippen molar-refractivity contribution >= 4 is 44.9 Å². The zero-order chi connectivity index (χ0) is 24.4. The molecule has 5 rings (SSSR count). The second-order valence-corrected chi connectivity index (χ2v) is 7.88. The molecule has 2 amide bonds. The number of anilines is 2. The Bertz CT molecular complexity index is 1600. The third kappa shape index (κ3) is 4.39. The van der Waals surface area contributed by atoms with Crippen molar-refractivity contribution in [1.82, 2.24) is 4.98 Å². The summed E-state index contributed by atoms with van der Waals surface area (Å²) in [6.07, 6.45) is 1.65. The number of pyridine rings is 1. The summed E-state index contributed by atoms with van der Waals surface area (Å²) < 4.78 is 18.9. The molecule has 0 saturated heterocycles. The number of carbonyl (C=O) groups is 2. The molecule has 0 aliphatic rings. The average Bonchev–Trinajstić information content (AvgIpc) is 2.88. The Kier molecular flexibility index (Phi) is 5.81. The van der Waals surface area contributed by atoms with Crippen molar-refractivity contribution < 1.29 is 18.7 Å². The third-order valence-electron chi connectivity index (χ3n) is 5.65. The van der Waals surface area contributed by atoms with Crippen LogP contribution in [-0.2, 0) is 0 Å². The second-order valence-electron chi connectivity index (χ2n) is 7.88. The molecule has 7 heteroatoms. The van der Waals surface area contributed by atoms with Gasteiger partial charge < -0.3 is 15.4 Å². The Labute approximate surface area is 200 Å². The van der Waals surface area contributed by atoms with Crippen LogP contribution in [0, 0.1) is 5.82 Å². The van der Waals surface area contributed by atoms with Gasteiger partial charge in [-0.15, -0.1) is 0 Å². The summed E-state index contributed by atoms with van der Waals surface area (Å²) in [5.74, 6) is -0.963. The Morgan fingerprint density at radius 2 is 1.66 bits per heavy atom. The number of rotatable bonds is 5. The van der Waals surface area contributed by atoms with E-state index in [0.29, 0.717) is 28.2 Å². The molecule has 0 aliphatic heterocycles. The van der Waals surface area contributed by atoms with E-state index in [1.165, 1.54) is 25.3 Å². The number of halogens is 1. The summed E-state index contributed by atoms with van der Waals surface area (Å²) in [7, 11) is 1.47. The van der Waals surface area contributed by atoms with E-state index in [1.807, 2.05) is 42.5 Å². The third-order valence-corrected chi connectivity index (χ3v) is 5.65. The summed E-state index contributed by atoms with van der Waals surface area (Å²) in [5.41, 5.74) is 1.97. The normalized spacial score (nSPS) is 10.8. The van der Waals surface area contributed by atoms with E-state index in [2.05, 4.69) is 15.6 Å². The van der Waals surface area contributed by atoms with Gasteiger partial charge in [0.25, 0.3) is 11.8 Å². The first-order valence-electron chi connectivity index (χ1n) is 10.9. The number of hydrogen-bond donors (Lipinski definition) is 2. The molecule has 0 unspecified atom stereocenters. The van der Waals surface area contributed by atoms with Crippen LogP contribution >= 0.6 is 0 Å². The van der Waals surface area contributed by atoms with Gasteiger partial charge >= 0.3 is 0 Å². The topological polar surface area (TPSA) is 80.3 Å². The molecule has 0 saturated carbocycles. The highest BCUT2D eigenvalue weighted by molar-refractivity contribution is 6.19. The van der Waals surface area contributed by atoms with Gasteiger partial charge in [-0.1, -0.05) is 36.4 Å². The predicted molar refractivity (Wildman–Crippen MR) is 135 cm³/mol. The lowest BCUT2D eigenvalue weighted by Gasteiger charge is -2.14. The van der Waals surface area contributed by atoms with Gasteiger partial charge in [-0.3, -0.25) is 14.6 Å². The fraction of sp³-hybridized carbons (Fsp3) is 0.0357. The highest BCUT2D eigenvalue weighted by Crippen LogP contribution is 2.31. The standard InChI is InChI=1S/C28H20FN3O3/c1-35-25-12-11-20(16-24(25)32-27(33)18-7-4-8-19(29)14-18)31-28(34)23-15-17-6-2-3-9-21(17)22-10-5-13-30-26(22)23/h2-16H,1H3,(H,31,34)(H,32,33). The number of methoxy groups -OCH3 is 1. The maximum absolute atomic E-state index is 13.5. The van der Waals surface area contributed by atoms with E-state index < -0.39 is 11.7 Å². The van der Waals surface area contributed by atoms with Gasteiger partial charge in [0.15, 0.2) is 0 Å². The zero-order valence-electron chi connectivity index (χ0n) is 18.7. The molecule has 172 valence electrons. The number of nitrogens with one attached hydrogen (secondary N) is 2. The summed E-state index contributed by atoms with van der Waals surface area (Å²) in [5, 5.41) is 8.42. The monoisotopic (exact) mass is 465 g/mol. The number of hydrogen-bond acceptors (Lipinski definition) is 4. The maximum Gasteiger partial charge on any atom is 0.257 e. The largest absolute Gasteiger partial charge is 0.495 e. The second kappa shape index (κ2) is 9.23. The molecule has 0 radical (unpaired) electrons. The summed E-state index contributed by atoms with van der Waals surface area (Å²) in [6.45, 7) is 0. The first-order valence-corrected chi connectivity index (χ1v) is 10.9. The SMILES string of the molecule is COc1ccc(NC(=O)c2cc3ccccc3c3cccnc23)cc1NC(=O)c1cccc(F)c1. The molecule has 0 fully saturated rings. The van der Waals surface area contributed by atoms with Gasteiger partial charge in [-0.2, -0.15) is 0 Å². The lowest BCUT2D eigenvalue weighted by atomic mass is 10.0. The Hall–Kier alpha value is -4.78. The van der Waals surface area contributed by atoms with Crippen LogP contribution < -0.4 is 15.4 Å². The highest BCUT2D eigenvalue weighted by atomic mass is 19.1. The number of amides is 2. The maximum atomic E-state index is 13.5. The van der Waals surface area contributed by atoms with E-state index >= 15 is 0 Å². The van der Waals surface area contributed by atoms with Crippen molar-refractivity contribution in [2.24, 2.45) is 0 Å². The summed E-state index contributed by atoms with van der Waals surface area (Å²) in [6, 6.07) is 23.7. The van der Waals surface area contributed by atoms with Crippen molar-refractivity contribution in [3.63, 3.8) is 0 Å². The lowest BCUT2D eigenvalue weighted by molar-refractivity contribution is 0.102. The predicted octanol–water partition coefficient (Wildman–Crippen LogP) is 6.04. The Morgan fingerprint density at radius 3 is 2.49 bits per heavy atom. The van der Waals surface area contributed by atoms with Gasteiger partial charge in [0.2, 0.25) is 0 Å². The van der Waals surface area contributed by atoms with Crippen LogP contribution in [0.5, 0.6) is 5.75 Å². The van der Waals surface area contributed by atoms with E-state index in [4.69, 9.17) is 4.74 Å². The molecule has 1 heterocycles. The molecule has 35 heavy (non-hydrogen) atoms. The van der Waals surface area contributed by atoms with Crippen molar-refractivity contribution in [3.8, 4) is 5.75 Å². The van der Waals surface area contributed by atoms with Crippen molar-refractivity contribution in [2.45, 2.75) is 0 Å². The Morgan fingerprint density at radius 1 is 0.829 bits per heavy atom. The minimum absolute atomic E-state index is 0.162. The molecule has 6 nitrogen and oxygen atoms in total. The van der Waals surface area contributed by atoms with Crippen LogP contribution in [0.2, 0.25) is 0 Å². The van der Waals surface area contributed by atoms with Gasteiger partial charge in [-0.05, 0) is 59.3 Å². The van der Waals surface area contributed by atoms with Crippen LogP contribution in [0.15, 0.2) is 91.1 Å². The van der Waals surface area contributed by atoms with Crippen LogP contribution in [-0.4, -0.2) is 23.9 Å². The zero-order valence-corrected chi connectivity index (χ0v) is 18.7. The fourth-order valence-electron chi connectivity index (χ4n) is 4.01. The average molecular weight is 465 g/mol. The number of fused-ring (bicyclic) bond motifs is 3. The number of carbonyl (C=O) groups excluding carboxylic acids is 2. The molecule has 2 N–H and O–H groups in total. The van der Waals surface area contributed by atoms with E-state index in [1.54, 1.807) is 24.4 Å². The van der Waals surface area contributed by atoms with Crippen LogP contribution in [0.4, 0.5) is 15.8 Å². The molecule has 4 aromatic carbocycles. The van der Waals surface area contributed by atoms with Gasteiger partial charge in [-0.25, -0.2) is 4.39 Å². The summed E-state index contributed by atoms with van der Waals surface area (Å²) in [4.78, 5) is 30.4. The van der Waals surface area contributed by atoms with Gasteiger partial charge in [0, 0.05) is 22.8 Å². The number of benzene rings is 4. The molecular weight excluding hydrogens is 445 g/mol. The van der Waals surface area contributed by atoms with E-state index in [-0.39, 0.29) is 11.5 Å². The van der Waals surface area contributed by atoms with E-state index in [0.717, 1.165) is 22.2 Å². The van der Waals surface area contributed by atoms with Crippen molar-refractivity contribution in [1.29, 1.82) is 0 Å².